The number of carbonyl (C=O) groups is 2. The van der Waals surface area contributed by atoms with Crippen molar-refractivity contribution in [3.63, 3.8) is 0 Å². The Bertz CT molecular complexity index is 1030. The summed E-state index contributed by atoms with van der Waals surface area (Å²) in [5.41, 5.74) is 10.6. The minimum atomic E-state index is -1.68. The summed E-state index contributed by atoms with van der Waals surface area (Å²) >= 11 is 6.17. The van der Waals surface area contributed by atoms with Gasteiger partial charge in [0.1, 0.15) is 29.0 Å². The monoisotopic (exact) mass is 484 g/mol. The van der Waals surface area contributed by atoms with Gasteiger partial charge in [-0.3, -0.25) is 15.0 Å². The van der Waals surface area contributed by atoms with E-state index in [2.05, 4.69) is 0 Å². The van der Waals surface area contributed by atoms with Crippen molar-refractivity contribution >= 4 is 29.4 Å². The third kappa shape index (κ3) is 6.53. The zero-order valence-electron chi connectivity index (χ0n) is 17.9. The molecule has 2 aromatic rings. The topological polar surface area (TPSA) is 141 Å². The predicted molar refractivity (Wildman–Crippen MR) is 116 cm³/mol. The van der Waals surface area contributed by atoms with E-state index in [9.17, 15) is 18.4 Å². The molecular weight excluding hydrogens is 462 g/mol. The SMILES string of the molecule is CCOC(C(=O)N(Cl)Cc1ccc(C(=N)N)cc1OCC(N)=O)c1c(F)cc(OC)cc1F. The van der Waals surface area contributed by atoms with Crippen LogP contribution in [0.25, 0.3) is 0 Å². The number of nitrogens with two attached hydrogens (primary N) is 2. The van der Waals surface area contributed by atoms with Crippen LogP contribution in [0.4, 0.5) is 8.78 Å². The summed E-state index contributed by atoms with van der Waals surface area (Å²) in [6, 6.07) is 6.17. The number of amidine groups is 1. The van der Waals surface area contributed by atoms with Crippen molar-refractivity contribution in [3.8, 4) is 11.5 Å². The van der Waals surface area contributed by atoms with Crippen LogP contribution in [0, 0.1) is 17.0 Å². The molecule has 9 nitrogen and oxygen atoms in total. The number of benzene rings is 2. The second-order valence-corrected chi connectivity index (χ2v) is 7.10. The molecule has 5 N–H and O–H groups in total. The van der Waals surface area contributed by atoms with Crippen LogP contribution in [0.3, 0.4) is 0 Å². The lowest BCUT2D eigenvalue weighted by atomic mass is 10.1. The molecule has 0 aromatic heterocycles. The first-order valence-electron chi connectivity index (χ1n) is 9.59. The minimum Gasteiger partial charge on any atom is -0.497 e. The van der Waals surface area contributed by atoms with Gasteiger partial charge in [0.2, 0.25) is 0 Å². The third-order valence-corrected chi connectivity index (χ3v) is 4.69. The van der Waals surface area contributed by atoms with Crippen LogP contribution in [0.15, 0.2) is 30.3 Å². The molecule has 0 fully saturated rings. The molecule has 0 aliphatic heterocycles. The molecule has 1 atom stereocenters. The molecular formula is C21H23ClF2N4O5. The fourth-order valence-corrected chi connectivity index (χ4v) is 3.08. The molecule has 0 spiro atoms. The fourth-order valence-electron chi connectivity index (χ4n) is 2.86. The standard InChI is InChI=1S/C21H23ClF2N4O5/c1-3-32-19(18-14(23)7-13(31-2)8-15(18)24)21(30)28(22)9-12-5-4-11(20(26)27)6-16(12)33-10-17(25)29/h4-8,19H,3,9-10H2,1-2H3,(H2,25,29)(H3,26,27). The number of nitrogens with zero attached hydrogens (tertiary/aromatic N) is 1. The number of hydrogen-bond acceptors (Lipinski definition) is 6. The maximum absolute atomic E-state index is 14.6. The molecule has 0 saturated heterocycles. The molecule has 0 bridgehead atoms. The van der Waals surface area contributed by atoms with E-state index in [1.54, 1.807) is 6.92 Å². The average Bonchev–Trinajstić information content (AvgIpc) is 2.76. The summed E-state index contributed by atoms with van der Waals surface area (Å²) in [4.78, 5) is 24.1. The van der Waals surface area contributed by atoms with Crippen LogP contribution >= 0.6 is 11.8 Å². The van der Waals surface area contributed by atoms with Crippen LogP contribution < -0.4 is 20.9 Å². The molecule has 33 heavy (non-hydrogen) atoms. The molecule has 0 heterocycles. The summed E-state index contributed by atoms with van der Waals surface area (Å²) < 4.78 is 45.3. The van der Waals surface area contributed by atoms with E-state index in [1.807, 2.05) is 0 Å². The number of nitrogens with one attached hydrogen (secondary N) is 1. The van der Waals surface area contributed by atoms with Crippen LogP contribution in [0.2, 0.25) is 0 Å². The maximum Gasteiger partial charge on any atom is 0.271 e. The first kappa shape index (κ1) is 25.8. The Morgan fingerprint density at radius 2 is 1.82 bits per heavy atom. The number of rotatable bonds is 11. The lowest BCUT2D eigenvalue weighted by molar-refractivity contribution is -0.140. The van der Waals surface area contributed by atoms with E-state index < -0.39 is 41.7 Å². The van der Waals surface area contributed by atoms with Gasteiger partial charge in [-0.2, -0.15) is 0 Å². The molecule has 2 rings (SSSR count). The molecule has 0 saturated carbocycles. The van der Waals surface area contributed by atoms with Gasteiger partial charge in [0, 0.05) is 41.6 Å². The second kappa shape index (κ2) is 11.4. The molecule has 0 aliphatic rings. The third-order valence-electron chi connectivity index (χ3n) is 4.40. The quantitative estimate of drug-likeness (QED) is 0.254. The van der Waals surface area contributed by atoms with Crippen molar-refractivity contribution in [2.45, 2.75) is 19.6 Å². The van der Waals surface area contributed by atoms with E-state index in [0.717, 1.165) is 12.1 Å². The highest BCUT2D eigenvalue weighted by Gasteiger charge is 2.32. The van der Waals surface area contributed by atoms with Crippen LogP contribution in [-0.4, -0.2) is 42.4 Å². The Morgan fingerprint density at radius 3 is 2.33 bits per heavy atom. The van der Waals surface area contributed by atoms with Crippen LogP contribution in [0.1, 0.15) is 29.7 Å². The molecule has 178 valence electrons. The van der Waals surface area contributed by atoms with Gasteiger partial charge in [0.25, 0.3) is 11.8 Å². The summed E-state index contributed by atoms with van der Waals surface area (Å²) in [5, 5.41) is 7.54. The van der Waals surface area contributed by atoms with Gasteiger partial charge >= 0.3 is 0 Å². The number of methoxy groups -OCH3 is 1. The van der Waals surface area contributed by atoms with E-state index in [0.29, 0.717) is 15.5 Å². The smallest absolute Gasteiger partial charge is 0.271 e. The molecule has 0 radical (unpaired) electrons. The normalized spacial score (nSPS) is 11.5. The van der Waals surface area contributed by atoms with Gasteiger partial charge in [-0.1, -0.05) is 12.1 Å². The van der Waals surface area contributed by atoms with Gasteiger partial charge in [-0.15, -0.1) is 0 Å². The fraction of sp³-hybridized carbons (Fsp3) is 0.286. The van der Waals surface area contributed by atoms with Crippen molar-refractivity contribution in [1.82, 2.24) is 4.42 Å². The molecule has 2 amide bonds. The first-order chi connectivity index (χ1) is 15.6. The van der Waals surface area contributed by atoms with Crippen LogP contribution in [0.5, 0.6) is 11.5 Å². The Labute approximate surface area is 193 Å². The largest absolute Gasteiger partial charge is 0.497 e. The zero-order chi connectivity index (χ0) is 24.7. The van der Waals surface area contributed by atoms with Crippen LogP contribution in [-0.2, 0) is 20.9 Å². The Kier molecular flexibility index (Phi) is 8.94. The molecule has 0 aliphatic carbocycles. The predicted octanol–water partition coefficient (Wildman–Crippen LogP) is 2.38. The lowest BCUT2D eigenvalue weighted by Gasteiger charge is -2.23. The number of hydrogen-bond donors (Lipinski definition) is 3. The van der Waals surface area contributed by atoms with Crippen molar-refractivity contribution in [1.29, 1.82) is 5.41 Å². The Balaban J connectivity index is 2.36. The van der Waals surface area contributed by atoms with E-state index in [4.69, 9.17) is 42.9 Å². The minimum absolute atomic E-state index is 0.0354. The second-order valence-electron chi connectivity index (χ2n) is 6.69. The lowest BCUT2D eigenvalue weighted by Crippen LogP contribution is -2.30. The van der Waals surface area contributed by atoms with E-state index in [-0.39, 0.29) is 30.5 Å². The number of amides is 2. The maximum atomic E-state index is 14.6. The Hall–Kier alpha value is -3.44. The van der Waals surface area contributed by atoms with Gasteiger partial charge in [-0.25, -0.2) is 13.2 Å². The number of halogens is 3. The number of ether oxygens (including phenoxy) is 3. The molecule has 12 heteroatoms. The molecule has 2 aromatic carbocycles. The summed E-state index contributed by atoms with van der Waals surface area (Å²) in [5.74, 6) is -4.02. The van der Waals surface area contributed by atoms with Crippen molar-refractivity contribution in [2.24, 2.45) is 11.5 Å². The average molecular weight is 485 g/mol. The van der Waals surface area contributed by atoms with Gasteiger partial charge in [-0.05, 0) is 13.0 Å². The van der Waals surface area contributed by atoms with E-state index in [1.165, 1.54) is 25.3 Å². The van der Waals surface area contributed by atoms with Crippen molar-refractivity contribution in [3.05, 3.63) is 58.7 Å². The number of nitrogen functional groups attached to an aromatic ring is 1. The van der Waals surface area contributed by atoms with Gasteiger partial charge < -0.3 is 25.7 Å². The van der Waals surface area contributed by atoms with Crippen molar-refractivity contribution in [2.75, 3.05) is 20.3 Å². The van der Waals surface area contributed by atoms with Gasteiger partial charge in [0.05, 0.1) is 19.2 Å². The first-order valence-corrected chi connectivity index (χ1v) is 9.92. The van der Waals surface area contributed by atoms with Crippen molar-refractivity contribution < 1.29 is 32.6 Å². The molecule has 1 unspecified atom stereocenters. The summed E-state index contributed by atoms with van der Waals surface area (Å²) in [6.45, 7) is 0.741. The van der Waals surface area contributed by atoms with E-state index >= 15 is 0 Å². The highest BCUT2D eigenvalue weighted by Crippen LogP contribution is 2.31. The Morgan fingerprint density at radius 1 is 1.18 bits per heavy atom. The number of primary amides is 1. The zero-order valence-corrected chi connectivity index (χ0v) is 18.6. The summed E-state index contributed by atoms with van der Waals surface area (Å²) in [7, 11) is 1.24. The summed E-state index contributed by atoms with van der Waals surface area (Å²) in [6.07, 6.45) is -1.68. The highest BCUT2D eigenvalue weighted by atomic mass is 35.5. The van der Waals surface area contributed by atoms with Gasteiger partial charge in [0.15, 0.2) is 12.7 Å². The highest BCUT2D eigenvalue weighted by molar-refractivity contribution is 6.21. The number of carbonyl (C=O) groups excluding carboxylic acids is 2.